The van der Waals surface area contributed by atoms with Crippen molar-refractivity contribution in [3.05, 3.63) is 63.7 Å². The average molecular weight is 393 g/mol. The molecule has 0 amide bonds. The molecule has 2 aromatic heterocycles. The zero-order chi connectivity index (χ0) is 20.5. The number of nitrogens with zero attached hydrogens (tertiary/aromatic N) is 2. The van der Waals surface area contributed by atoms with E-state index in [4.69, 9.17) is 13.9 Å². The maximum Gasteiger partial charge on any atom is 0.294 e. The maximum atomic E-state index is 12.5. The number of benzene rings is 2. The molecule has 150 valence electrons. The number of hydrogen-bond acceptors (Lipinski definition) is 6. The van der Waals surface area contributed by atoms with Crippen LogP contribution in [0.4, 0.5) is 0 Å². The molecule has 0 bridgehead atoms. The molecule has 0 aliphatic carbocycles. The molecule has 2 heterocycles. The normalized spacial score (nSPS) is 11.5. The van der Waals surface area contributed by atoms with Gasteiger partial charge in [-0.1, -0.05) is 12.1 Å². The Hall–Kier alpha value is -3.32. The van der Waals surface area contributed by atoms with Gasteiger partial charge in [-0.05, 0) is 49.4 Å². The fourth-order valence-corrected chi connectivity index (χ4v) is 3.52. The topological polar surface area (TPSA) is 80.6 Å². The Kier molecular flexibility index (Phi) is 4.98. The maximum absolute atomic E-state index is 12.5. The molecule has 29 heavy (non-hydrogen) atoms. The van der Waals surface area contributed by atoms with Crippen LogP contribution in [-0.2, 0) is 13.1 Å². The van der Waals surface area contributed by atoms with Crippen molar-refractivity contribution in [3.8, 4) is 11.5 Å². The van der Waals surface area contributed by atoms with Crippen LogP contribution in [0.15, 0.2) is 45.6 Å². The molecule has 4 rings (SSSR count). The number of furan rings is 1. The second kappa shape index (κ2) is 7.60. The van der Waals surface area contributed by atoms with Crippen molar-refractivity contribution in [1.29, 1.82) is 0 Å². The summed E-state index contributed by atoms with van der Waals surface area (Å²) in [4.78, 5) is 22.1. The number of rotatable bonds is 6. The zero-order valence-electron chi connectivity index (χ0n) is 16.9. The molecule has 2 aromatic carbocycles. The SMILES string of the molecule is COc1cc(C)c(CN(C)Cc2nc3c(oc4ccccc43)c(=O)[nH]2)cc1OC. The lowest BCUT2D eigenvalue weighted by atomic mass is 10.1. The highest BCUT2D eigenvalue weighted by molar-refractivity contribution is 6.01. The first-order chi connectivity index (χ1) is 14.0. The summed E-state index contributed by atoms with van der Waals surface area (Å²) in [5, 5.41) is 0.841. The number of para-hydroxylation sites is 1. The fourth-order valence-electron chi connectivity index (χ4n) is 3.52. The van der Waals surface area contributed by atoms with E-state index < -0.39 is 0 Å². The molecule has 0 unspecified atom stereocenters. The Labute approximate surface area is 167 Å². The van der Waals surface area contributed by atoms with E-state index in [1.54, 1.807) is 14.2 Å². The number of aromatic nitrogens is 2. The van der Waals surface area contributed by atoms with Gasteiger partial charge in [0.05, 0.1) is 20.8 Å². The minimum Gasteiger partial charge on any atom is -0.493 e. The summed E-state index contributed by atoms with van der Waals surface area (Å²) >= 11 is 0. The van der Waals surface area contributed by atoms with E-state index in [1.165, 1.54) is 0 Å². The van der Waals surface area contributed by atoms with Gasteiger partial charge in [0.2, 0.25) is 5.58 Å². The first-order valence-electron chi connectivity index (χ1n) is 9.30. The minimum atomic E-state index is -0.267. The van der Waals surface area contributed by atoms with E-state index in [2.05, 4.69) is 14.9 Å². The van der Waals surface area contributed by atoms with Gasteiger partial charge in [-0.3, -0.25) is 9.69 Å². The molecule has 0 aliphatic rings. The number of ether oxygens (including phenoxy) is 2. The van der Waals surface area contributed by atoms with Crippen LogP contribution >= 0.6 is 0 Å². The summed E-state index contributed by atoms with van der Waals surface area (Å²) < 4.78 is 16.4. The number of aryl methyl sites for hydroxylation is 1. The van der Waals surface area contributed by atoms with E-state index in [9.17, 15) is 4.79 Å². The standard InChI is InChI=1S/C22H23N3O4/c1-13-9-17(27-3)18(28-4)10-14(13)11-25(2)12-19-23-20-15-7-5-6-8-16(15)29-21(20)22(26)24-19/h5-10H,11-12H2,1-4H3,(H,23,24,26). The smallest absolute Gasteiger partial charge is 0.294 e. The summed E-state index contributed by atoms with van der Waals surface area (Å²) in [6.07, 6.45) is 0. The van der Waals surface area contributed by atoms with Crippen molar-refractivity contribution in [2.45, 2.75) is 20.0 Å². The summed E-state index contributed by atoms with van der Waals surface area (Å²) in [5.41, 5.74) is 3.46. The lowest BCUT2D eigenvalue weighted by Crippen LogP contribution is -2.22. The molecular formula is C22H23N3O4. The molecule has 0 atom stereocenters. The van der Waals surface area contributed by atoms with E-state index >= 15 is 0 Å². The van der Waals surface area contributed by atoms with Gasteiger partial charge in [0.15, 0.2) is 11.5 Å². The Morgan fingerprint density at radius 2 is 1.83 bits per heavy atom. The monoisotopic (exact) mass is 393 g/mol. The predicted molar refractivity (Wildman–Crippen MR) is 112 cm³/mol. The van der Waals surface area contributed by atoms with Crippen LogP contribution in [0.5, 0.6) is 11.5 Å². The molecule has 4 aromatic rings. The highest BCUT2D eigenvalue weighted by Crippen LogP contribution is 2.31. The molecule has 0 saturated carbocycles. The molecule has 0 radical (unpaired) electrons. The number of methoxy groups -OCH3 is 2. The number of aromatic amines is 1. The highest BCUT2D eigenvalue weighted by atomic mass is 16.5. The van der Waals surface area contributed by atoms with Crippen LogP contribution in [0, 0.1) is 6.92 Å². The van der Waals surface area contributed by atoms with Crippen molar-refractivity contribution in [2.24, 2.45) is 0 Å². The molecule has 0 aliphatic heterocycles. The van der Waals surface area contributed by atoms with E-state index in [0.717, 1.165) is 16.5 Å². The second-order valence-electron chi connectivity index (χ2n) is 7.09. The summed E-state index contributed by atoms with van der Waals surface area (Å²) in [5.74, 6) is 1.99. The second-order valence-corrected chi connectivity index (χ2v) is 7.09. The van der Waals surface area contributed by atoms with Crippen molar-refractivity contribution >= 4 is 22.1 Å². The third-order valence-electron chi connectivity index (χ3n) is 4.98. The van der Waals surface area contributed by atoms with E-state index in [1.807, 2.05) is 50.4 Å². The Morgan fingerprint density at radius 3 is 2.59 bits per heavy atom. The van der Waals surface area contributed by atoms with Crippen molar-refractivity contribution in [1.82, 2.24) is 14.9 Å². The summed E-state index contributed by atoms with van der Waals surface area (Å²) in [7, 11) is 5.23. The van der Waals surface area contributed by atoms with Crippen molar-refractivity contribution in [2.75, 3.05) is 21.3 Å². The molecule has 7 nitrogen and oxygen atoms in total. The number of nitrogens with one attached hydrogen (secondary N) is 1. The third-order valence-corrected chi connectivity index (χ3v) is 4.98. The fraction of sp³-hybridized carbons (Fsp3) is 0.273. The van der Waals surface area contributed by atoms with E-state index in [-0.39, 0.29) is 11.1 Å². The Balaban J connectivity index is 1.62. The lowest BCUT2D eigenvalue weighted by Gasteiger charge is -2.19. The number of fused-ring (bicyclic) bond motifs is 3. The first-order valence-corrected chi connectivity index (χ1v) is 9.30. The quantitative estimate of drug-likeness (QED) is 0.539. The van der Waals surface area contributed by atoms with Gasteiger partial charge in [-0.25, -0.2) is 4.98 Å². The number of H-pyrrole nitrogens is 1. The first kappa shape index (κ1) is 19.0. The third kappa shape index (κ3) is 3.56. The molecule has 7 heteroatoms. The molecule has 0 fully saturated rings. The van der Waals surface area contributed by atoms with Crippen LogP contribution in [-0.4, -0.2) is 36.1 Å². The molecule has 0 saturated heterocycles. The number of hydrogen-bond donors (Lipinski definition) is 1. The zero-order valence-corrected chi connectivity index (χ0v) is 16.9. The van der Waals surface area contributed by atoms with Gasteiger partial charge < -0.3 is 18.9 Å². The van der Waals surface area contributed by atoms with E-state index in [0.29, 0.717) is 41.5 Å². The van der Waals surface area contributed by atoms with Crippen molar-refractivity contribution in [3.63, 3.8) is 0 Å². The lowest BCUT2D eigenvalue weighted by molar-refractivity contribution is 0.308. The van der Waals surface area contributed by atoms with Crippen molar-refractivity contribution < 1.29 is 13.9 Å². The van der Waals surface area contributed by atoms with Gasteiger partial charge in [0, 0.05) is 11.9 Å². The van der Waals surface area contributed by atoms with Gasteiger partial charge >= 0.3 is 0 Å². The van der Waals surface area contributed by atoms with Gasteiger partial charge in [0.25, 0.3) is 5.56 Å². The Morgan fingerprint density at radius 1 is 1.10 bits per heavy atom. The summed E-state index contributed by atoms with van der Waals surface area (Å²) in [6, 6.07) is 11.5. The molecule has 1 N–H and O–H groups in total. The van der Waals surface area contributed by atoms with Gasteiger partial charge in [-0.15, -0.1) is 0 Å². The molecule has 0 spiro atoms. The van der Waals surface area contributed by atoms with Crippen LogP contribution in [0.1, 0.15) is 17.0 Å². The molecular weight excluding hydrogens is 370 g/mol. The summed E-state index contributed by atoms with van der Waals surface area (Å²) in [6.45, 7) is 3.19. The average Bonchev–Trinajstić information content (AvgIpc) is 3.08. The van der Waals surface area contributed by atoms with Crippen LogP contribution in [0.25, 0.3) is 22.1 Å². The minimum absolute atomic E-state index is 0.258. The predicted octanol–water partition coefficient (Wildman–Crippen LogP) is 3.63. The Bertz CT molecular complexity index is 1240. The van der Waals surface area contributed by atoms with Gasteiger partial charge in [0.1, 0.15) is 16.9 Å². The van der Waals surface area contributed by atoms with Crippen LogP contribution < -0.4 is 15.0 Å². The highest BCUT2D eigenvalue weighted by Gasteiger charge is 2.15. The van der Waals surface area contributed by atoms with Crippen LogP contribution in [0.3, 0.4) is 0 Å². The van der Waals surface area contributed by atoms with Crippen LogP contribution in [0.2, 0.25) is 0 Å². The van der Waals surface area contributed by atoms with Gasteiger partial charge in [-0.2, -0.15) is 0 Å². The largest absolute Gasteiger partial charge is 0.493 e.